The van der Waals surface area contributed by atoms with Crippen molar-refractivity contribution >= 4 is 44.9 Å². The number of nitrogens with zero attached hydrogens (tertiary/aromatic N) is 2. The van der Waals surface area contributed by atoms with Gasteiger partial charge < -0.3 is 10.0 Å². The molecule has 1 fully saturated rings. The highest BCUT2D eigenvalue weighted by Crippen LogP contribution is 2.53. The number of fused-ring (bicyclic) bond motifs is 6. The predicted molar refractivity (Wildman–Crippen MR) is 180 cm³/mol. The molecule has 0 saturated heterocycles. The lowest BCUT2D eigenvalue weighted by Gasteiger charge is -2.27. The monoisotopic (exact) mass is 579 g/mol. The van der Waals surface area contributed by atoms with Crippen LogP contribution in [-0.4, -0.2) is 33.8 Å². The number of allylic oxidation sites excluding steroid dienone is 3. The highest BCUT2D eigenvalue weighted by Gasteiger charge is 2.48. The molecule has 220 valence electrons. The van der Waals surface area contributed by atoms with E-state index in [1.165, 1.54) is 51.8 Å². The number of aliphatic hydroxyl groups is 1. The molecule has 2 aliphatic heterocycles. The predicted octanol–water partition coefficient (Wildman–Crippen LogP) is 9.28. The number of anilines is 2. The largest absolute Gasteiger partial charge is 0.506 e. The average Bonchev–Trinajstić information content (AvgIpc) is 3.69. The first-order chi connectivity index (χ1) is 21.4. The summed E-state index contributed by atoms with van der Waals surface area (Å²) in [5, 5.41) is 14.0. The molecule has 4 aromatic rings. The zero-order chi connectivity index (χ0) is 30.2. The summed E-state index contributed by atoms with van der Waals surface area (Å²) in [5.41, 5.74) is 8.72. The van der Waals surface area contributed by atoms with Gasteiger partial charge in [0.15, 0.2) is 5.71 Å². The van der Waals surface area contributed by atoms with Crippen LogP contribution in [0, 0.1) is 0 Å². The lowest BCUT2D eigenvalue weighted by Crippen LogP contribution is -2.31. The van der Waals surface area contributed by atoms with Gasteiger partial charge in [0, 0.05) is 47.5 Å². The first kappa shape index (κ1) is 27.1. The molecule has 0 radical (unpaired) electrons. The Morgan fingerprint density at radius 1 is 0.977 bits per heavy atom. The van der Waals surface area contributed by atoms with Crippen molar-refractivity contribution in [2.45, 2.75) is 70.3 Å². The molecule has 0 bridgehead atoms. The summed E-state index contributed by atoms with van der Waals surface area (Å²) in [6, 6.07) is 30.4. The average molecular weight is 580 g/mol. The molecular weight excluding hydrogens is 540 g/mol. The summed E-state index contributed by atoms with van der Waals surface area (Å²) in [6.07, 6.45) is 7.65. The summed E-state index contributed by atoms with van der Waals surface area (Å²) in [5.74, 6) is 0.506. The topological polar surface area (TPSA) is 43.5 Å². The third-order valence-electron chi connectivity index (χ3n) is 10.6. The lowest BCUT2D eigenvalue weighted by atomic mass is 9.76. The molecule has 0 aromatic heterocycles. The second kappa shape index (κ2) is 10.1. The molecule has 1 saturated carbocycles. The maximum Gasteiger partial charge on any atom is 0.210 e. The van der Waals surface area contributed by atoms with E-state index in [-0.39, 0.29) is 17.0 Å². The lowest BCUT2D eigenvalue weighted by molar-refractivity contribution is -0.438. The number of carbonyl (C=O) groups excluding carboxylic acids is 1. The van der Waals surface area contributed by atoms with Crippen LogP contribution in [0.5, 0.6) is 0 Å². The van der Waals surface area contributed by atoms with Crippen molar-refractivity contribution < 1.29 is 14.5 Å². The van der Waals surface area contributed by atoms with E-state index in [1.54, 1.807) is 0 Å². The van der Waals surface area contributed by atoms with Crippen LogP contribution in [0.3, 0.4) is 0 Å². The van der Waals surface area contributed by atoms with Gasteiger partial charge in [-0.05, 0) is 78.9 Å². The van der Waals surface area contributed by atoms with Crippen LogP contribution >= 0.6 is 0 Å². The Balaban J connectivity index is 1.20. The smallest absolute Gasteiger partial charge is 0.210 e. The zero-order valence-corrected chi connectivity index (χ0v) is 25.8. The molecular formula is C40H39N2O2+. The van der Waals surface area contributed by atoms with Crippen molar-refractivity contribution in [1.29, 1.82) is 0 Å². The van der Waals surface area contributed by atoms with E-state index in [9.17, 15) is 9.90 Å². The molecule has 2 atom stereocenters. The molecule has 2 heterocycles. The van der Waals surface area contributed by atoms with Crippen molar-refractivity contribution in [2.24, 2.45) is 0 Å². The van der Waals surface area contributed by atoms with Gasteiger partial charge in [0.05, 0.1) is 16.6 Å². The fourth-order valence-electron chi connectivity index (χ4n) is 8.45. The van der Waals surface area contributed by atoms with Gasteiger partial charge in [-0.3, -0.25) is 4.79 Å². The molecule has 2 aliphatic carbocycles. The fraction of sp³-hybridized carbons (Fsp3) is 0.300. The number of rotatable bonds is 6. The van der Waals surface area contributed by atoms with Gasteiger partial charge in [-0.15, -0.1) is 0 Å². The first-order valence-corrected chi connectivity index (χ1v) is 16.3. The number of Topliss-reactive ketones (excluding diaryl/α,β-unsaturated/α-hetero) is 1. The van der Waals surface area contributed by atoms with Crippen molar-refractivity contribution in [3.05, 3.63) is 119 Å². The normalized spacial score (nSPS) is 22.6. The quantitative estimate of drug-likeness (QED) is 0.183. The van der Waals surface area contributed by atoms with Gasteiger partial charge in [0.25, 0.3) is 0 Å². The van der Waals surface area contributed by atoms with E-state index in [4.69, 9.17) is 0 Å². The Bertz CT molecular complexity index is 1940. The Morgan fingerprint density at radius 2 is 1.77 bits per heavy atom. The minimum absolute atomic E-state index is 0.0668. The molecule has 2 unspecified atom stereocenters. The van der Waals surface area contributed by atoms with Crippen molar-refractivity contribution in [3.8, 4) is 0 Å². The second-order valence-corrected chi connectivity index (χ2v) is 13.4. The number of hydrogen-bond donors (Lipinski definition) is 1. The van der Waals surface area contributed by atoms with E-state index in [1.807, 2.05) is 12.1 Å². The molecule has 4 aromatic carbocycles. The molecule has 44 heavy (non-hydrogen) atoms. The second-order valence-electron chi connectivity index (χ2n) is 13.4. The van der Waals surface area contributed by atoms with E-state index >= 15 is 0 Å². The summed E-state index contributed by atoms with van der Waals surface area (Å²) in [6.45, 7) is 7.58. The third-order valence-corrected chi connectivity index (χ3v) is 10.6. The fourth-order valence-corrected chi connectivity index (χ4v) is 8.45. The van der Waals surface area contributed by atoms with Gasteiger partial charge in [0.1, 0.15) is 12.3 Å². The van der Waals surface area contributed by atoms with Crippen LogP contribution in [0.1, 0.15) is 75.5 Å². The number of unbranched alkanes of at least 4 members (excludes halogenated alkanes) is 1. The maximum absolute atomic E-state index is 13.9. The first-order valence-electron chi connectivity index (χ1n) is 16.3. The molecule has 8 rings (SSSR count). The number of hydrogen-bond acceptors (Lipinski definition) is 3. The minimum Gasteiger partial charge on any atom is -0.506 e. The maximum atomic E-state index is 13.9. The summed E-state index contributed by atoms with van der Waals surface area (Å²) in [4.78, 5) is 16.4. The van der Waals surface area contributed by atoms with E-state index in [0.717, 1.165) is 37.1 Å². The van der Waals surface area contributed by atoms with Crippen LogP contribution in [0.4, 0.5) is 17.1 Å². The SMILES string of the molecule is CCCC[N+]1=C(/C=C2\C(=O)C(c3ccc4c(c3)C3CCCC3N4c3ccccc3)=C2O)C(C)(C)c2c1ccc1ccccc21. The van der Waals surface area contributed by atoms with Crippen molar-refractivity contribution in [1.82, 2.24) is 0 Å². The number of benzene rings is 4. The molecule has 4 aliphatic rings. The molecule has 0 amide bonds. The van der Waals surface area contributed by atoms with Crippen LogP contribution < -0.4 is 4.90 Å². The zero-order valence-electron chi connectivity index (χ0n) is 25.8. The van der Waals surface area contributed by atoms with E-state index < -0.39 is 0 Å². The van der Waals surface area contributed by atoms with Crippen LogP contribution in [0.2, 0.25) is 0 Å². The highest BCUT2D eigenvalue weighted by atomic mass is 16.3. The van der Waals surface area contributed by atoms with Crippen LogP contribution in [0.25, 0.3) is 16.3 Å². The van der Waals surface area contributed by atoms with Crippen LogP contribution in [-0.2, 0) is 10.2 Å². The number of ketones is 1. The van der Waals surface area contributed by atoms with Gasteiger partial charge in [-0.25, -0.2) is 0 Å². The number of carbonyl (C=O) groups is 1. The standard InChI is InChI=1S/C40H38N2O2/c1-4-5-22-41-34-21-18-25-12-9-10-15-28(25)37(34)40(2,3)35(41)24-31-38(43)36(39(31)44)26-19-20-33-30(23-26)29-16-11-17-32(29)42(33)27-13-7-6-8-14-27/h6-10,12-15,18-21,23-24,29,32H,4-5,11,16-17,22H2,1-3H3/p+1. The minimum atomic E-state index is -0.320. The summed E-state index contributed by atoms with van der Waals surface area (Å²) in [7, 11) is 0. The molecule has 4 heteroatoms. The van der Waals surface area contributed by atoms with Crippen molar-refractivity contribution in [3.63, 3.8) is 0 Å². The van der Waals surface area contributed by atoms with Gasteiger partial charge in [0.2, 0.25) is 11.5 Å². The Kier molecular flexibility index (Phi) is 6.20. The summed E-state index contributed by atoms with van der Waals surface area (Å²) >= 11 is 0. The Morgan fingerprint density at radius 3 is 2.57 bits per heavy atom. The van der Waals surface area contributed by atoms with Gasteiger partial charge >= 0.3 is 0 Å². The van der Waals surface area contributed by atoms with Gasteiger partial charge in [-0.2, -0.15) is 4.58 Å². The highest BCUT2D eigenvalue weighted by molar-refractivity contribution is 6.40. The number of para-hydroxylation sites is 1. The third kappa shape index (κ3) is 3.83. The summed E-state index contributed by atoms with van der Waals surface area (Å²) < 4.78 is 2.38. The van der Waals surface area contributed by atoms with E-state index in [0.29, 0.717) is 23.1 Å². The Hall–Kier alpha value is -4.44. The van der Waals surface area contributed by atoms with E-state index in [2.05, 4.69) is 109 Å². The Labute approximate surface area is 259 Å². The molecule has 4 nitrogen and oxygen atoms in total. The van der Waals surface area contributed by atoms with Gasteiger partial charge in [-0.1, -0.05) is 68.3 Å². The van der Waals surface area contributed by atoms with Crippen molar-refractivity contribution in [2.75, 3.05) is 11.4 Å². The van der Waals surface area contributed by atoms with Crippen LogP contribution in [0.15, 0.2) is 102 Å². The molecule has 1 N–H and O–H groups in total. The number of aliphatic hydroxyl groups excluding tert-OH is 1. The molecule has 0 spiro atoms.